The Kier molecular flexibility index (Phi) is 5.40. The highest BCUT2D eigenvalue weighted by Gasteiger charge is 2.22. The number of aromatic carboxylic acids is 1. The van der Waals surface area contributed by atoms with Crippen molar-refractivity contribution in [2.45, 2.75) is 27.7 Å². The molecule has 0 unspecified atom stereocenters. The highest BCUT2D eigenvalue weighted by atomic mass is 16.4. The summed E-state index contributed by atoms with van der Waals surface area (Å²) in [4.78, 5) is 39.2. The second-order valence-electron chi connectivity index (χ2n) is 6.92. The quantitative estimate of drug-likeness (QED) is 0.779. The van der Waals surface area contributed by atoms with Crippen molar-refractivity contribution >= 4 is 29.2 Å². The minimum absolute atomic E-state index is 0.135. The van der Waals surface area contributed by atoms with Gasteiger partial charge in [-0.15, -0.1) is 0 Å². The van der Waals surface area contributed by atoms with E-state index in [0.717, 1.165) is 5.56 Å². The molecule has 0 spiro atoms. The van der Waals surface area contributed by atoms with Gasteiger partial charge in [0.2, 0.25) is 5.91 Å². The van der Waals surface area contributed by atoms with Crippen molar-refractivity contribution in [3.63, 3.8) is 0 Å². The molecule has 1 aromatic carbocycles. The van der Waals surface area contributed by atoms with Gasteiger partial charge in [0.15, 0.2) is 0 Å². The van der Waals surface area contributed by atoms with Gasteiger partial charge in [-0.05, 0) is 36.8 Å². The standard InChI is InChI=1S/C19H21N3O4/c1-11-5-6-13(10-14(11)22-18(26)19(2,3)4)21-16(23)12-7-8-20-15(9-12)17(24)25/h5-10H,1-4H3,(H,21,23)(H,22,26)(H,24,25). The summed E-state index contributed by atoms with van der Waals surface area (Å²) in [5.74, 6) is -1.81. The molecule has 0 bridgehead atoms. The van der Waals surface area contributed by atoms with Crippen molar-refractivity contribution in [3.05, 3.63) is 53.3 Å². The number of aryl methyl sites for hydroxylation is 1. The fraction of sp³-hybridized carbons (Fsp3) is 0.263. The lowest BCUT2D eigenvalue weighted by Crippen LogP contribution is -2.28. The molecule has 7 heteroatoms. The second kappa shape index (κ2) is 7.35. The van der Waals surface area contributed by atoms with Crippen LogP contribution in [0.25, 0.3) is 0 Å². The monoisotopic (exact) mass is 355 g/mol. The lowest BCUT2D eigenvalue weighted by Gasteiger charge is -2.19. The topological polar surface area (TPSA) is 108 Å². The van der Waals surface area contributed by atoms with Gasteiger partial charge in [0.05, 0.1) is 0 Å². The number of pyridine rings is 1. The first-order valence-electron chi connectivity index (χ1n) is 8.01. The second-order valence-corrected chi connectivity index (χ2v) is 6.92. The molecule has 0 aliphatic heterocycles. The number of rotatable bonds is 4. The zero-order valence-corrected chi connectivity index (χ0v) is 15.1. The van der Waals surface area contributed by atoms with Crippen LogP contribution in [0.2, 0.25) is 0 Å². The smallest absolute Gasteiger partial charge is 0.354 e. The lowest BCUT2D eigenvalue weighted by atomic mass is 9.95. The fourth-order valence-corrected chi connectivity index (χ4v) is 2.04. The van der Waals surface area contributed by atoms with Gasteiger partial charge in [0, 0.05) is 28.6 Å². The number of hydrogen-bond acceptors (Lipinski definition) is 4. The van der Waals surface area contributed by atoms with Gasteiger partial charge in [-0.1, -0.05) is 26.8 Å². The summed E-state index contributed by atoms with van der Waals surface area (Å²) in [5.41, 5.74) is 1.37. The van der Waals surface area contributed by atoms with Gasteiger partial charge >= 0.3 is 5.97 Å². The number of nitrogens with zero attached hydrogens (tertiary/aromatic N) is 1. The predicted octanol–water partition coefficient (Wildman–Crippen LogP) is 3.33. The largest absolute Gasteiger partial charge is 0.477 e. The van der Waals surface area contributed by atoms with E-state index in [1.54, 1.807) is 18.2 Å². The third kappa shape index (κ3) is 4.66. The maximum Gasteiger partial charge on any atom is 0.354 e. The first-order valence-corrected chi connectivity index (χ1v) is 8.01. The van der Waals surface area contributed by atoms with E-state index in [4.69, 9.17) is 5.11 Å². The molecule has 0 radical (unpaired) electrons. The normalized spacial score (nSPS) is 10.9. The molecule has 0 fully saturated rings. The van der Waals surface area contributed by atoms with Crippen molar-refractivity contribution in [2.75, 3.05) is 10.6 Å². The molecule has 2 rings (SSSR count). The van der Waals surface area contributed by atoms with Gasteiger partial charge in [-0.25, -0.2) is 9.78 Å². The molecular weight excluding hydrogens is 334 g/mol. The maximum absolute atomic E-state index is 12.3. The number of carbonyl (C=O) groups is 3. The van der Waals surface area contributed by atoms with Gasteiger partial charge in [-0.2, -0.15) is 0 Å². The van der Waals surface area contributed by atoms with Crippen LogP contribution in [0.3, 0.4) is 0 Å². The number of nitrogens with one attached hydrogen (secondary N) is 2. The molecule has 2 amide bonds. The number of hydrogen-bond donors (Lipinski definition) is 3. The highest BCUT2D eigenvalue weighted by Crippen LogP contribution is 2.24. The molecule has 0 saturated carbocycles. The summed E-state index contributed by atoms with van der Waals surface area (Å²) < 4.78 is 0. The zero-order valence-electron chi connectivity index (χ0n) is 15.1. The van der Waals surface area contributed by atoms with Crippen molar-refractivity contribution in [3.8, 4) is 0 Å². The number of amides is 2. The molecule has 136 valence electrons. The minimum atomic E-state index is -1.21. The first-order chi connectivity index (χ1) is 12.1. The van der Waals surface area contributed by atoms with E-state index in [-0.39, 0.29) is 17.2 Å². The van der Waals surface area contributed by atoms with Gasteiger partial charge in [-0.3, -0.25) is 9.59 Å². The van der Waals surface area contributed by atoms with Gasteiger partial charge in [0.1, 0.15) is 5.69 Å². The summed E-state index contributed by atoms with van der Waals surface area (Å²) in [6, 6.07) is 7.78. The van der Waals surface area contributed by atoms with Crippen LogP contribution < -0.4 is 10.6 Å². The van der Waals surface area contributed by atoms with E-state index in [1.165, 1.54) is 18.3 Å². The third-order valence-corrected chi connectivity index (χ3v) is 3.67. The Bertz CT molecular complexity index is 869. The summed E-state index contributed by atoms with van der Waals surface area (Å²) in [5, 5.41) is 14.5. The Hall–Kier alpha value is -3.22. The van der Waals surface area contributed by atoms with Crippen molar-refractivity contribution < 1.29 is 19.5 Å². The molecule has 0 aliphatic rings. The molecule has 2 aromatic rings. The number of carboxylic acid groups (broad SMARTS) is 1. The van der Waals surface area contributed by atoms with Gasteiger partial charge < -0.3 is 15.7 Å². The first kappa shape index (κ1) is 19.1. The minimum Gasteiger partial charge on any atom is -0.477 e. The molecule has 7 nitrogen and oxygen atoms in total. The van der Waals surface area contributed by atoms with Crippen LogP contribution in [-0.2, 0) is 4.79 Å². The molecule has 26 heavy (non-hydrogen) atoms. The van der Waals surface area contributed by atoms with Crippen molar-refractivity contribution in [1.82, 2.24) is 4.98 Å². The fourth-order valence-electron chi connectivity index (χ4n) is 2.04. The van der Waals surface area contributed by atoms with E-state index in [2.05, 4.69) is 15.6 Å². The van der Waals surface area contributed by atoms with Crippen LogP contribution in [-0.4, -0.2) is 27.9 Å². The molecule has 0 saturated heterocycles. The zero-order chi connectivity index (χ0) is 19.5. The summed E-state index contributed by atoms with van der Waals surface area (Å²) >= 11 is 0. The summed E-state index contributed by atoms with van der Waals surface area (Å²) in [7, 11) is 0. The average molecular weight is 355 g/mol. The molecule has 3 N–H and O–H groups in total. The Labute approximate surface area is 151 Å². The SMILES string of the molecule is Cc1ccc(NC(=O)c2ccnc(C(=O)O)c2)cc1NC(=O)C(C)(C)C. The summed E-state index contributed by atoms with van der Waals surface area (Å²) in [6.45, 7) is 7.29. The number of carbonyl (C=O) groups excluding carboxylic acids is 2. The van der Waals surface area contributed by atoms with Crippen molar-refractivity contribution in [2.24, 2.45) is 5.41 Å². The number of anilines is 2. The maximum atomic E-state index is 12.3. The molecule has 1 aromatic heterocycles. The average Bonchev–Trinajstić information content (AvgIpc) is 2.57. The Morgan fingerprint density at radius 1 is 1.04 bits per heavy atom. The van der Waals surface area contributed by atoms with Crippen LogP contribution in [0.15, 0.2) is 36.5 Å². The predicted molar refractivity (Wildman–Crippen MR) is 98.4 cm³/mol. The van der Waals surface area contributed by atoms with E-state index in [0.29, 0.717) is 11.4 Å². The highest BCUT2D eigenvalue weighted by molar-refractivity contribution is 6.05. The number of benzene rings is 1. The van der Waals surface area contributed by atoms with Crippen LogP contribution in [0, 0.1) is 12.3 Å². The van der Waals surface area contributed by atoms with Crippen molar-refractivity contribution in [1.29, 1.82) is 0 Å². The molecule has 0 aliphatic carbocycles. The number of carboxylic acids is 1. The Morgan fingerprint density at radius 3 is 2.35 bits per heavy atom. The van der Waals surface area contributed by atoms with E-state index >= 15 is 0 Å². The van der Waals surface area contributed by atoms with E-state index in [1.807, 2.05) is 27.7 Å². The van der Waals surface area contributed by atoms with Crippen LogP contribution in [0.1, 0.15) is 47.2 Å². The van der Waals surface area contributed by atoms with Crippen LogP contribution in [0.4, 0.5) is 11.4 Å². The summed E-state index contributed by atoms with van der Waals surface area (Å²) in [6.07, 6.45) is 1.27. The Morgan fingerprint density at radius 2 is 1.73 bits per heavy atom. The Balaban J connectivity index is 2.21. The number of aromatic nitrogens is 1. The van der Waals surface area contributed by atoms with Crippen LogP contribution in [0.5, 0.6) is 0 Å². The van der Waals surface area contributed by atoms with Crippen LogP contribution >= 0.6 is 0 Å². The lowest BCUT2D eigenvalue weighted by molar-refractivity contribution is -0.123. The van der Waals surface area contributed by atoms with Gasteiger partial charge in [0.25, 0.3) is 5.91 Å². The molecule has 0 atom stereocenters. The van der Waals surface area contributed by atoms with E-state index < -0.39 is 17.3 Å². The molecular formula is C19H21N3O4. The molecule has 1 heterocycles. The third-order valence-electron chi connectivity index (χ3n) is 3.67. The van der Waals surface area contributed by atoms with E-state index in [9.17, 15) is 14.4 Å².